The maximum absolute atomic E-state index is 14.3. The monoisotopic (exact) mass is 423 g/mol. The van der Waals surface area contributed by atoms with Gasteiger partial charge < -0.3 is 20.3 Å². The van der Waals surface area contributed by atoms with Gasteiger partial charge in [-0.05, 0) is 30.3 Å². The molecule has 1 saturated heterocycles. The summed E-state index contributed by atoms with van der Waals surface area (Å²) in [6.45, 7) is 3.13. The number of anilines is 3. The second-order valence-electron chi connectivity index (χ2n) is 7.28. The molecule has 2 aromatic heterocycles. The van der Waals surface area contributed by atoms with Crippen LogP contribution in [0.1, 0.15) is 16.1 Å². The quantitative estimate of drug-likeness (QED) is 0.671. The Morgan fingerprint density at radius 3 is 2.55 bits per heavy atom. The zero-order chi connectivity index (χ0) is 21.4. The van der Waals surface area contributed by atoms with E-state index < -0.39 is 11.6 Å². The maximum Gasteiger partial charge on any atom is 0.255 e. The predicted octanol–water partition coefficient (Wildman–Crippen LogP) is 3.25. The highest BCUT2D eigenvalue weighted by atomic mass is 19.1. The number of fused-ring (bicyclic) bond motifs is 1. The van der Waals surface area contributed by atoms with Crippen LogP contribution in [0.15, 0.2) is 42.6 Å². The number of aromatic nitrogens is 2. The molecule has 158 valence electrons. The summed E-state index contributed by atoms with van der Waals surface area (Å²) in [4.78, 5) is 23.3. The van der Waals surface area contributed by atoms with Gasteiger partial charge in [0, 0.05) is 13.1 Å². The van der Waals surface area contributed by atoms with Crippen molar-refractivity contribution in [3.8, 4) is 11.3 Å². The third kappa shape index (κ3) is 3.68. The maximum atomic E-state index is 14.3. The summed E-state index contributed by atoms with van der Waals surface area (Å²) in [5.41, 5.74) is 2.02. The highest BCUT2D eigenvalue weighted by molar-refractivity contribution is 6.04. The molecule has 9 heteroatoms. The summed E-state index contributed by atoms with van der Waals surface area (Å²) in [6, 6.07) is 8.85. The van der Waals surface area contributed by atoms with E-state index >= 15 is 0 Å². The predicted molar refractivity (Wildman–Crippen MR) is 111 cm³/mol. The number of carbonyl (C=O) groups excluding carboxylic acids is 1. The molecule has 2 aliphatic heterocycles. The highest BCUT2D eigenvalue weighted by Crippen LogP contribution is 2.33. The Labute approximate surface area is 177 Å². The Balaban J connectivity index is 1.50. The van der Waals surface area contributed by atoms with Gasteiger partial charge in [0.2, 0.25) is 0 Å². The van der Waals surface area contributed by atoms with Gasteiger partial charge in [-0.2, -0.15) is 0 Å². The summed E-state index contributed by atoms with van der Waals surface area (Å²) < 4.78 is 34.0. The molecular formula is C22H19F2N5O2. The standard InChI is InChI=1S/C22H19F2N5O2/c23-14-2-1-3-15(24)20(14)16-10-17(21-18(27-16)12-26-22(21)30)28-19-5-4-13(11-25-19)29-6-8-31-9-7-29/h1-5,10-11H,6-9,12H2,(H,26,30)(H,25,27,28). The first-order valence-electron chi connectivity index (χ1n) is 9.92. The number of hydrogen-bond acceptors (Lipinski definition) is 6. The number of morpholine rings is 1. The molecule has 4 heterocycles. The molecule has 5 rings (SSSR count). The summed E-state index contributed by atoms with van der Waals surface area (Å²) >= 11 is 0. The summed E-state index contributed by atoms with van der Waals surface area (Å²) in [6.07, 6.45) is 1.74. The molecule has 0 aliphatic carbocycles. The largest absolute Gasteiger partial charge is 0.378 e. The van der Waals surface area contributed by atoms with E-state index in [1.54, 1.807) is 12.3 Å². The number of carbonyl (C=O) groups is 1. The molecule has 1 amide bonds. The van der Waals surface area contributed by atoms with E-state index in [9.17, 15) is 13.6 Å². The average molecular weight is 423 g/mol. The Bertz CT molecular complexity index is 1130. The van der Waals surface area contributed by atoms with Crippen LogP contribution in [-0.2, 0) is 11.3 Å². The van der Waals surface area contributed by atoms with Crippen LogP contribution in [0.25, 0.3) is 11.3 Å². The fourth-order valence-corrected chi connectivity index (χ4v) is 3.81. The Morgan fingerprint density at radius 2 is 1.84 bits per heavy atom. The van der Waals surface area contributed by atoms with Crippen molar-refractivity contribution in [3.63, 3.8) is 0 Å². The van der Waals surface area contributed by atoms with Crippen LogP contribution < -0.4 is 15.5 Å². The van der Waals surface area contributed by atoms with E-state index in [-0.39, 0.29) is 23.7 Å². The molecule has 7 nitrogen and oxygen atoms in total. The Kier molecular flexibility index (Phi) is 4.95. The second kappa shape index (κ2) is 7.92. The van der Waals surface area contributed by atoms with E-state index in [2.05, 4.69) is 25.5 Å². The van der Waals surface area contributed by atoms with Crippen molar-refractivity contribution in [2.24, 2.45) is 0 Å². The second-order valence-corrected chi connectivity index (χ2v) is 7.28. The van der Waals surface area contributed by atoms with Gasteiger partial charge >= 0.3 is 0 Å². The van der Waals surface area contributed by atoms with Gasteiger partial charge in [0.25, 0.3) is 5.91 Å². The third-order valence-electron chi connectivity index (χ3n) is 5.34. The van der Waals surface area contributed by atoms with Gasteiger partial charge in [0.05, 0.1) is 59.8 Å². The molecule has 1 fully saturated rings. The fourth-order valence-electron chi connectivity index (χ4n) is 3.81. The third-order valence-corrected chi connectivity index (χ3v) is 5.34. The lowest BCUT2D eigenvalue weighted by atomic mass is 10.1. The van der Waals surface area contributed by atoms with Crippen molar-refractivity contribution in [1.29, 1.82) is 0 Å². The minimum absolute atomic E-state index is 0.110. The lowest BCUT2D eigenvalue weighted by Crippen LogP contribution is -2.36. The lowest BCUT2D eigenvalue weighted by molar-refractivity contribution is 0.0966. The molecule has 0 spiro atoms. The molecule has 0 radical (unpaired) electrons. The zero-order valence-electron chi connectivity index (χ0n) is 16.5. The first kappa shape index (κ1) is 19.4. The minimum atomic E-state index is -0.719. The smallest absolute Gasteiger partial charge is 0.255 e. The number of nitrogens with one attached hydrogen (secondary N) is 2. The van der Waals surface area contributed by atoms with Crippen molar-refractivity contribution in [2.75, 3.05) is 36.5 Å². The molecule has 31 heavy (non-hydrogen) atoms. The molecule has 0 atom stereocenters. The van der Waals surface area contributed by atoms with Crippen molar-refractivity contribution >= 4 is 23.1 Å². The molecule has 2 N–H and O–H groups in total. The van der Waals surface area contributed by atoms with Crippen LogP contribution in [0.3, 0.4) is 0 Å². The zero-order valence-corrected chi connectivity index (χ0v) is 16.5. The van der Waals surface area contributed by atoms with E-state index in [0.717, 1.165) is 18.8 Å². The van der Waals surface area contributed by atoms with Gasteiger partial charge in [-0.1, -0.05) is 6.07 Å². The van der Waals surface area contributed by atoms with Gasteiger partial charge in [-0.15, -0.1) is 0 Å². The number of rotatable bonds is 4. The van der Waals surface area contributed by atoms with Crippen molar-refractivity contribution in [1.82, 2.24) is 15.3 Å². The molecule has 3 aromatic rings. The number of halogens is 2. The first-order chi connectivity index (χ1) is 15.1. The number of ether oxygens (including phenoxy) is 1. The van der Waals surface area contributed by atoms with E-state index in [0.29, 0.717) is 36.0 Å². The highest BCUT2D eigenvalue weighted by Gasteiger charge is 2.27. The average Bonchev–Trinajstić information content (AvgIpc) is 3.16. The van der Waals surface area contributed by atoms with Crippen LogP contribution in [0.4, 0.5) is 26.0 Å². The van der Waals surface area contributed by atoms with Crippen molar-refractivity contribution in [2.45, 2.75) is 6.54 Å². The molecule has 0 saturated carbocycles. The van der Waals surface area contributed by atoms with E-state index in [4.69, 9.17) is 4.74 Å². The summed E-state index contributed by atoms with van der Waals surface area (Å²) in [5, 5.41) is 5.82. The summed E-state index contributed by atoms with van der Waals surface area (Å²) in [7, 11) is 0. The minimum Gasteiger partial charge on any atom is -0.378 e. The first-order valence-corrected chi connectivity index (χ1v) is 9.92. The van der Waals surface area contributed by atoms with Crippen LogP contribution >= 0.6 is 0 Å². The fraction of sp³-hybridized carbons (Fsp3) is 0.227. The van der Waals surface area contributed by atoms with Gasteiger partial charge in [0.1, 0.15) is 17.5 Å². The normalized spacial score (nSPS) is 15.5. The number of amides is 1. The molecule has 2 aliphatic rings. The van der Waals surface area contributed by atoms with Crippen LogP contribution in [0.2, 0.25) is 0 Å². The number of hydrogen-bond donors (Lipinski definition) is 2. The van der Waals surface area contributed by atoms with E-state index in [1.807, 2.05) is 6.07 Å². The van der Waals surface area contributed by atoms with E-state index in [1.165, 1.54) is 24.3 Å². The van der Waals surface area contributed by atoms with Crippen LogP contribution in [0, 0.1) is 11.6 Å². The molecular weight excluding hydrogens is 404 g/mol. The molecule has 1 aromatic carbocycles. The van der Waals surface area contributed by atoms with Crippen LogP contribution in [0.5, 0.6) is 0 Å². The molecule has 0 bridgehead atoms. The van der Waals surface area contributed by atoms with Crippen LogP contribution in [-0.4, -0.2) is 42.2 Å². The SMILES string of the molecule is O=C1NCc2nc(-c3c(F)cccc3F)cc(Nc3ccc(N4CCOCC4)cn3)c21. The van der Waals surface area contributed by atoms with Crippen molar-refractivity contribution in [3.05, 3.63) is 65.5 Å². The topological polar surface area (TPSA) is 79.4 Å². The molecule has 0 unspecified atom stereocenters. The number of benzene rings is 1. The van der Waals surface area contributed by atoms with Crippen molar-refractivity contribution < 1.29 is 18.3 Å². The van der Waals surface area contributed by atoms with Gasteiger partial charge in [0.15, 0.2) is 0 Å². The number of pyridine rings is 2. The summed E-state index contributed by atoms with van der Waals surface area (Å²) in [5.74, 6) is -1.23. The lowest BCUT2D eigenvalue weighted by Gasteiger charge is -2.28. The van der Waals surface area contributed by atoms with Gasteiger partial charge in [-0.25, -0.2) is 18.7 Å². The van der Waals surface area contributed by atoms with Gasteiger partial charge in [-0.3, -0.25) is 4.79 Å². The Morgan fingerprint density at radius 1 is 1.06 bits per heavy atom. The Hall–Kier alpha value is -3.59. The number of nitrogens with zero attached hydrogens (tertiary/aromatic N) is 3.